The molecule has 2 aliphatic rings. The number of aryl methyl sites for hydroxylation is 2. The standard InChI is InChI=1S/C22H21N5O3S/c1-13-8-14(2)10-15(9-13)24-19(28)12-31-22-25-20-16(21(29)26-22)11-23-27(20)17-6-4-5-7-18(17)30-3/h4-11,16H,12H2,1-3H3,(H,24,28). The SMILES string of the molecule is COc1ccccc1N1N=CC2C(=O)N=C(SCC(=O)Nc3cc(C)cc(C)c3)N=C21. The molecule has 8 nitrogen and oxygen atoms in total. The van der Waals surface area contributed by atoms with Crippen molar-refractivity contribution in [3.8, 4) is 5.75 Å². The van der Waals surface area contributed by atoms with E-state index in [4.69, 9.17) is 4.74 Å². The molecule has 2 aromatic carbocycles. The van der Waals surface area contributed by atoms with Crippen LogP contribution in [0.5, 0.6) is 5.75 Å². The van der Waals surface area contributed by atoms with Crippen molar-refractivity contribution in [1.29, 1.82) is 0 Å². The normalized spacial score (nSPS) is 17.2. The fourth-order valence-corrected chi connectivity index (χ4v) is 4.04. The van der Waals surface area contributed by atoms with Crippen LogP contribution in [-0.2, 0) is 9.59 Å². The molecule has 4 rings (SSSR count). The van der Waals surface area contributed by atoms with Crippen LogP contribution in [0.3, 0.4) is 0 Å². The summed E-state index contributed by atoms with van der Waals surface area (Å²) in [5, 5.41) is 9.01. The summed E-state index contributed by atoms with van der Waals surface area (Å²) in [5.74, 6) is -0.0593. The maximum Gasteiger partial charge on any atom is 0.264 e. The van der Waals surface area contributed by atoms with Gasteiger partial charge in [0.25, 0.3) is 5.91 Å². The van der Waals surface area contributed by atoms with Crippen molar-refractivity contribution in [2.75, 3.05) is 23.2 Å². The molecule has 158 valence electrons. The van der Waals surface area contributed by atoms with Crippen molar-refractivity contribution in [2.45, 2.75) is 13.8 Å². The van der Waals surface area contributed by atoms with E-state index in [1.807, 2.05) is 56.3 Å². The van der Waals surface area contributed by atoms with Crippen LogP contribution in [-0.4, -0.2) is 41.9 Å². The number of anilines is 2. The van der Waals surface area contributed by atoms with Gasteiger partial charge in [0.15, 0.2) is 11.0 Å². The van der Waals surface area contributed by atoms with Gasteiger partial charge in [-0.1, -0.05) is 30.0 Å². The highest BCUT2D eigenvalue weighted by Gasteiger charge is 2.37. The van der Waals surface area contributed by atoms with Gasteiger partial charge in [0.1, 0.15) is 17.4 Å². The van der Waals surface area contributed by atoms with Crippen molar-refractivity contribution >= 4 is 52.2 Å². The van der Waals surface area contributed by atoms with Gasteiger partial charge in [-0.2, -0.15) is 10.1 Å². The van der Waals surface area contributed by atoms with Crippen LogP contribution in [0.4, 0.5) is 11.4 Å². The minimum absolute atomic E-state index is 0.0794. The molecule has 0 spiro atoms. The highest BCUT2D eigenvalue weighted by Crippen LogP contribution is 2.33. The topological polar surface area (TPSA) is 95.7 Å². The van der Waals surface area contributed by atoms with Crippen LogP contribution in [0, 0.1) is 19.8 Å². The van der Waals surface area contributed by atoms with Crippen LogP contribution in [0.2, 0.25) is 0 Å². The van der Waals surface area contributed by atoms with Crippen LogP contribution >= 0.6 is 11.8 Å². The van der Waals surface area contributed by atoms with Gasteiger partial charge in [0.05, 0.1) is 12.9 Å². The Morgan fingerprint density at radius 1 is 1.16 bits per heavy atom. The maximum absolute atomic E-state index is 12.5. The van der Waals surface area contributed by atoms with Crippen LogP contribution in [0.15, 0.2) is 57.6 Å². The van der Waals surface area contributed by atoms with Crippen molar-refractivity contribution in [2.24, 2.45) is 21.0 Å². The Morgan fingerprint density at radius 2 is 1.90 bits per heavy atom. The number of ether oxygens (including phenoxy) is 1. The molecule has 0 bridgehead atoms. The van der Waals surface area contributed by atoms with Gasteiger partial charge in [-0.3, -0.25) is 9.59 Å². The summed E-state index contributed by atoms with van der Waals surface area (Å²) in [4.78, 5) is 33.4. The summed E-state index contributed by atoms with van der Waals surface area (Å²) in [6.07, 6.45) is 1.52. The quantitative estimate of drug-likeness (QED) is 0.777. The van der Waals surface area contributed by atoms with E-state index in [1.54, 1.807) is 12.1 Å². The molecule has 0 radical (unpaired) electrons. The van der Waals surface area contributed by atoms with Gasteiger partial charge >= 0.3 is 0 Å². The summed E-state index contributed by atoms with van der Waals surface area (Å²) < 4.78 is 5.40. The summed E-state index contributed by atoms with van der Waals surface area (Å²) in [7, 11) is 1.57. The maximum atomic E-state index is 12.5. The Hall–Kier alpha value is -3.46. The molecule has 1 unspecified atom stereocenters. The van der Waals surface area contributed by atoms with Gasteiger partial charge in [-0.05, 0) is 49.2 Å². The third-order valence-corrected chi connectivity index (χ3v) is 5.51. The Kier molecular flexibility index (Phi) is 5.85. The van der Waals surface area contributed by atoms with E-state index in [2.05, 4.69) is 20.4 Å². The monoisotopic (exact) mass is 435 g/mol. The second-order valence-corrected chi connectivity index (χ2v) is 8.08. The lowest BCUT2D eigenvalue weighted by molar-refractivity contribution is -0.118. The molecular formula is C22H21N5O3S. The molecular weight excluding hydrogens is 414 g/mol. The number of nitrogens with one attached hydrogen (secondary N) is 1. The Labute approximate surface area is 184 Å². The third kappa shape index (κ3) is 4.51. The molecule has 2 amide bonds. The van der Waals surface area contributed by atoms with Gasteiger partial charge in [0.2, 0.25) is 5.91 Å². The number of fused-ring (bicyclic) bond motifs is 1. The Bertz CT molecular complexity index is 1120. The van der Waals surface area contributed by atoms with E-state index in [9.17, 15) is 9.59 Å². The number of para-hydroxylation sites is 2. The number of amidine groups is 2. The molecule has 2 aromatic rings. The van der Waals surface area contributed by atoms with E-state index < -0.39 is 5.92 Å². The summed E-state index contributed by atoms with van der Waals surface area (Å²) in [6.45, 7) is 3.95. The first-order valence-corrected chi connectivity index (χ1v) is 10.6. The van der Waals surface area contributed by atoms with Crippen LogP contribution in [0.1, 0.15) is 11.1 Å². The first kappa shape index (κ1) is 20.8. The number of carbonyl (C=O) groups is 2. The van der Waals surface area contributed by atoms with E-state index in [-0.39, 0.29) is 22.7 Å². The molecule has 2 heterocycles. The molecule has 0 aliphatic carbocycles. The number of benzene rings is 2. The number of methoxy groups -OCH3 is 1. The average molecular weight is 436 g/mol. The number of hydrogen-bond donors (Lipinski definition) is 1. The van der Waals surface area contributed by atoms with Crippen LogP contribution in [0.25, 0.3) is 0 Å². The number of thioether (sulfide) groups is 1. The number of aliphatic imine (C=N–C) groups is 2. The smallest absolute Gasteiger partial charge is 0.264 e. The number of hydrazone groups is 1. The lowest BCUT2D eigenvalue weighted by Crippen LogP contribution is -2.34. The number of carbonyl (C=O) groups excluding carboxylic acids is 2. The Balaban J connectivity index is 1.47. The van der Waals surface area contributed by atoms with Crippen molar-refractivity contribution < 1.29 is 14.3 Å². The van der Waals surface area contributed by atoms with E-state index in [0.29, 0.717) is 17.3 Å². The van der Waals surface area contributed by atoms with Gasteiger partial charge < -0.3 is 10.1 Å². The minimum Gasteiger partial charge on any atom is -0.494 e. The summed E-state index contributed by atoms with van der Waals surface area (Å²) in [6, 6.07) is 13.2. The molecule has 1 N–H and O–H groups in total. The van der Waals surface area contributed by atoms with Crippen LogP contribution < -0.4 is 15.1 Å². The third-order valence-electron chi connectivity index (χ3n) is 4.66. The molecule has 0 fully saturated rings. The number of rotatable bonds is 5. The van der Waals surface area contributed by atoms with E-state index in [0.717, 1.165) is 28.6 Å². The second kappa shape index (κ2) is 8.73. The average Bonchev–Trinajstić information content (AvgIpc) is 3.16. The molecule has 0 aromatic heterocycles. The lowest BCUT2D eigenvalue weighted by Gasteiger charge is -2.21. The number of amides is 2. The van der Waals surface area contributed by atoms with E-state index in [1.165, 1.54) is 6.21 Å². The summed E-state index contributed by atoms with van der Waals surface area (Å²) in [5.41, 5.74) is 3.55. The van der Waals surface area contributed by atoms with Crippen molar-refractivity contribution in [1.82, 2.24) is 0 Å². The highest BCUT2D eigenvalue weighted by atomic mass is 32.2. The molecule has 2 aliphatic heterocycles. The molecule has 31 heavy (non-hydrogen) atoms. The molecule has 9 heteroatoms. The van der Waals surface area contributed by atoms with Crippen molar-refractivity contribution in [3.05, 3.63) is 53.6 Å². The minimum atomic E-state index is -0.640. The number of nitrogens with zero attached hydrogens (tertiary/aromatic N) is 4. The van der Waals surface area contributed by atoms with Gasteiger partial charge in [0, 0.05) is 11.9 Å². The Morgan fingerprint density at radius 3 is 2.65 bits per heavy atom. The predicted molar refractivity (Wildman–Crippen MR) is 124 cm³/mol. The lowest BCUT2D eigenvalue weighted by atomic mass is 10.1. The van der Waals surface area contributed by atoms with Gasteiger partial charge in [-0.25, -0.2) is 10.0 Å². The fraction of sp³-hybridized carbons (Fsp3) is 0.227. The van der Waals surface area contributed by atoms with E-state index >= 15 is 0 Å². The first-order chi connectivity index (χ1) is 14.9. The zero-order valence-corrected chi connectivity index (χ0v) is 18.1. The van der Waals surface area contributed by atoms with Crippen molar-refractivity contribution in [3.63, 3.8) is 0 Å². The first-order valence-electron chi connectivity index (χ1n) is 9.64. The zero-order chi connectivity index (χ0) is 22.0. The molecule has 0 saturated carbocycles. The van der Waals surface area contributed by atoms with Gasteiger partial charge in [-0.15, -0.1) is 0 Å². The predicted octanol–water partition coefficient (Wildman–Crippen LogP) is 3.40. The molecule has 1 atom stereocenters. The number of hydrogen-bond acceptors (Lipinski definition) is 7. The zero-order valence-electron chi connectivity index (χ0n) is 17.3. The fourth-order valence-electron chi connectivity index (χ4n) is 3.40. The molecule has 0 saturated heterocycles. The second-order valence-electron chi connectivity index (χ2n) is 7.14. The summed E-state index contributed by atoms with van der Waals surface area (Å²) >= 11 is 1.11. The largest absolute Gasteiger partial charge is 0.494 e. The highest BCUT2D eigenvalue weighted by molar-refractivity contribution is 8.14.